The topological polar surface area (TPSA) is 101 Å². The summed E-state index contributed by atoms with van der Waals surface area (Å²) in [5, 5.41) is 16.0. The van der Waals surface area contributed by atoms with Gasteiger partial charge in [-0.3, -0.25) is 4.79 Å². The number of phenolic OH excluding ortho intramolecular Hbond substituents is 1. The Morgan fingerprint density at radius 3 is 2.79 bits per heavy atom. The predicted molar refractivity (Wildman–Crippen MR) is 69.7 cm³/mol. The van der Waals surface area contributed by atoms with Gasteiger partial charge in [0.15, 0.2) is 0 Å². The highest BCUT2D eigenvalue weighted by Crippen LogP contribution is 2.20. The molecule has 100 valence electrons. The van der Waals surface area contributed by atoms with Crippen molar-refractivity contribution in [2.45, 2.75) is 20.4 Å². The van der Waals surface area contributed by atoms with E-state index < -0.39 is 0 Å². The van der Waals surface area contributed by atoms with Gasteiger partial charge >= 0.3 is 0 Å². The third-order valence-electron chi connectivity index (χ3n) is 2.90. The number of anilines is 1. The number of rotatable bonds is 3. The van der Waals surface area contributed by atoms with Gasteiger partial charge in [0, 0.05) is 17.7 Å². The molecule has 0 unspecified atom stereocenters. The molecule has 0 bridgehead atoms. The summed E-state index contributed by atoms with van der Waals surface area (Å²) in [5.74, 6) is 0.276. The fraction of sp³-hybridized carbons (Fsp3) is 0.231. The summed E-state index contributed by atoms with van der Waals surface area (Å²) < 4.78 is 5.01. The van der Waals surface area contributed by atoms with Gasteiger partial charge in [0.2, 0.25) is 0 Å². The van der Waals surface area contributed by atoms with Crippen LogP contribution in [0.2, 0.25) is 0 Å². The van der Waals surface area contributed by atoms with Gasteiger partial charge in [-0.25, -0.2) is 0 Å². The van der Waals surface area contributed by atoms with Crippen molar-refractivity contribution in [3.63, 3.8) is 0 Å². The lowest BCUT2D eigenvalue weighted by Crippen LogP contribution is -2.23. The lowest BCUT2D eigenvalue weighted by Gasteiger charge is -2.06. The lowest BCUT2D eigenvalue weighted by molar-refractivity contribution is 0.0950. The molecule has 0 aliphatic heterocycles. The lowest BCUT2D eigenvalue weighted by atomic mass is 10.1. The van der Waals surface area contributed by atoms with Gasteiger partial charge in [-0.2, -0.15) is 0 Å². The summed E-state index contributed by atoms with van der Waals surface area (Å²) in [7, 11) is 0. The molecule has 19 heavy (non-hydrogen) atoms. The Hall–Kier alpha value is -2.50. The zero-order valence-corrected chi connectivity index (χ0v) is 10.7. The molecule has 1 aromatic heterocycles. The van der Waals surface area contributed by atoms with Crippen LogP contribution >= 0.6 is 0 Å². The number of nitrogen functional groups attached to an aromatic ring is 1. The van der Waals surface area contributed by atoms with Gasteiger partial charge in [-0.15, -0.1) is 0 Å². The van der Waals surface area contributed by atoms with Crippen LogP contribution in [-0.2, 0) is 6.54 Å². The average molecular weight is 261 g/mol. The molecule has 6 heteroatoms. The maximum atomic E-state index is 11.9. The summed E-state index contributed by atoms with van der Waals surface area (Å²) in [5.41, 5.74) is 7.66. The summed E-state index contributed by atoms with van der Waals surface area (Å²) >= 11 is 0. The number of aromatic nitrogens is 1. The Balaban J connectivity index is 2.07. The molecule has 0 fully saturated rings. The molecule has 0 saturated heterocycles. The third kappa shape index (κ3) is 2.67. The molecule has 0 spiro atoms. The number of hydrogen-bond acceptors (Lipinski definition) is 5. The number of carbonyl (C=O) groups is 1. The molecule has 0 atom stereocenters. The van der Waals surface area contributed by atoms with E-state index in [1.807, 2.05) is 6.92 Å². The van der Waals surface area contributed by atoms with Crippen LogP contribution in [0.3, 0.4) is 0 Å². The zero-order chi connectivity index (χ0) is 14.0. The monoisotopic (exact) mass is 261 g/mol. The van der Waals surface area contributed by atoms with Gasteiger partial charge in [0.05, 0.1) is 11.4 Å². The second kappa shape index (κ2) is 5.01. The number of phenols is 1. The van der Waals surface area contributed by atoms with Crippen molar-refractivity contribution < 1.29 is 14.4 Å². The van der Waals surface area contributed by atoms with E-state index in [1.165, 1.54) is 12.1 Å². The quantitative estimate of drug-likeness (QED) is 0.574. The standard InChI is InChI=1S/C13H15N3O3/c1-7-10(8(2)19-16-7)6-15-13(18)9-3-4-11(14)12(17)5-9/h3-5,17H,6,14H2,1-2H3,(H,15,18). The van der Waals surface area contributed by atoms with Gasteiger partial charge in [0.25, 0.3) is 5.91 Å². The molecule has 1 amide bonds. The fourth-order valence-electron chi connectivity index (χ4n) is 1.71. The number of aromatic hydroxyl groups is 1. The minimum atomic E-state index is -0.296. The Kier molecular flexibility index (Phi) is 3.41. The van der Waals surface area contributed by atoms with Gasteiger partial charge in [-0.05, 0) is 32.0 Å². The van der Waals surface area contributed by atoms with Crippen LogP contribution in [0.5, 0.6) is 5.75 Å². The fourth-order valence-corrected chi connectivity index (χ4v) is 1.71. The van der Waals surface area contributed by atoms with Gasteiger partial charge < -0.3 is 20.7 Å². The first kappa shape index (κ1) is 12.9. The van der Waals surface area contributed by atoms with Crippen LogP contribution < -0.4 is 11.1 Å². The number of amides is 1. The maximum absolute atomic E-state index is 11.9. The number of nitrogens with zero attached hydrogens (tertiary/aromatic N) is 1. The SMILES string of the molecule is Cc1noc(C)c1CNC(=O)c1ccc(N)c(O)c1. The van der Waals surface area contributed by atoms with Crippen molar-refractivity contribution in [2.24, 2.45) is 0 Å². The van der Waals surface area contributed by atoms with Crippen LogP contribution in [-0.4, -0.2) is 16.2 Å². The number of benzene rings is 1. The molecule has 4 N–H and O–H groups in total. The largest absolute Gasteiger partial charge is 0.506 e. The van der Waals surface area contributed by atoms with E-state index in [9.17, 15) is 9.90 Å². The molecule has 1 heterocycles. The highest BCUT2D eigenvalue weighted by molar-refractivity contribution is 5.95. The Labute approximate surface area is 110 Å². The van der Waals surface area contributed by atoms with Crippen LogP contribution in [0.15, 0.2) is 22.7 Å². The zero-order valence-electron chi connectivity index (χ0n) is 10.7. The average Bonchev–Trinajstić information content (AvgIpc) is 2.69. The highest BCUT2D eigenvalue weighted by atomic mass is 16.5. The Morgan fingerprint density at radius 1 is 1.47 bits per heavy atom. The third-order valence-corrected chi connectivity index (χ3v) is 2.90. The minimum absolute atomic E-state index is 0.106. The molecule has 0 radical (unpaired) electrons. The summed E-state index contributed by atoms with van der Waals surface area (Å²) in [6, 6.07) is 4.37. The van der Waals surface area contributed by atoms with Crippen molar-refractivity contribution in [1.82, 2.24) is 10.5 Å². The first-order valence-corrected chi connectivity index (χ1v) is 5.77. The predicted octanol–water partition coefficient (Wildman–Crippen LogP) is 1.51. The molecule has 6 nitrogen and oxygen atoms in total. The molecular weight excluding hydrogens is 246 g/mol. The number of hydrogen-bond donors (Lipinski definition) is 3. The number of carbonyl (C=O) groups excluding carboxylic acids is 1. The summed E-state index contributed by atoms with van der Waals surface area (Å²) in [6.07, 6.45) is 0. The van der Waals surface area contributed by atoms with Crippen LogP contribution in [0, 0.1) is 13.8 Å². The second-order valence-corrected chi connectivity index (χ2v) is 4.26. The van der Waals surface area contributed by atoms with E-state index in [0.29, 0.717) is 17.9 Å². The van der Waals surface area contributed by atoms with Crippen LogP contribution in [0.4, 0.5) is 5.69 Å². The first-order chi connectivity index (χ1) is 8.99. The molecule has 1 aromatic carbocycles. The molecule has 2 aromatic rings. The Bertz CT molecular complexity index is 600. The van der Waals surface area contributed by atoms with E-state index in [1.54, 1.807) is 13.0 Å². The smallest absolute Gasteiger partial charge is 0.251 e. The first-order valence-electron chi connectivity index (χ1n) is 5.77. The second-order valence-electron chi connectivity index (χ2n) is 4.26. The van der Waals surface area contributed by atoms with Crippen molar-refractivity contribution in [1.29, 1.82) is 0 Å². The van der Waals surface area contributed by atoms with Crippen LogP contribution in [0.25, 0.3) is 0 Å². The van der Waals surface area contributed by atoms with Gasteiger partial charge in [-0.1, -0.05) is 5.16 Å². The van der Waals surface area contributed by atoms with E-state index >= 15 is 0 Å². The normalized spacial score (nSPS) is 10.4. The Morgan fingerprint density at radius 2 is 2.21 bits per heavy atom. The van der Waals surface area contributed by atoms with E-state index in [0.717, 1.165) is 11.3 Å². The van der Waals surface area contributed by atoms with Crippen LogP contribution in [0.1, 0.15) is 27.4 Å². The molecular formula is C13H15N3O3. The minimum Gasteiger partial charge on any atom is -0.506 e. The van der Waals surface area contributed by atoms with Crippen molar-refractivity contribution >= 4 is 11.6 Å². The number of aryl methyl sites for hydroxylation is 2. The number of nitrogens with two attached hydrogens (primary N) is 1. The van der Waals surface area contributed by atoms with Crippen molar-refractivity contribution in [3.8, 4) is 5.75 Å². The van der Waals surface area contributed by atoms with E-state index in [4.69, 9.17) is 10.3 Å². The highest BCUT2D eigenvalue weighted by Gasteiger charge is 2.12. The molecule has 0 saturated carbocycles. The van der Waals surface area contributed by atoms with Crippen molar-refractivity contribution in [3.05, 3.63) is 40.8 Å². The van der Waals surface area contributed by atoms with Crippen molar-refractivity contribution in [2.75, 3.05) is 5.73 Å². The molecule has 0 aliphatic rings. The summed E-state index contributed by atoms with van der Waals surface area (Å²) in [4.78, 5) is 11.9. The van der Waals surface area contributed by atoms with E-state index in [-0.39, 0.29) is 17.3 Å². The molecule has 2 rings (SSSR count). The van der Waals surface area contributed by atoms with Gasteiger partial charge in [0.1, 0.15) is 11.5 Å². The van der Waals surface area contributed by atoms with E-state index in [2.05, 4.69) is 10.5 Å². The number of nitrogens with one attached hydrogen (secondary N) is 1. The molecule has 0 aliphatic carbocycles. The summed E-state index contributed by atoms with van der Waals surface area (Å²) in [6.45, 7) is 3.93. The maximum Gasteiger partial charge on any atom is 0.251 e.